The summed E-state index contributed by atoms with van der Waals surface area (Å²) in [5.74, 6) is 1.53. The van der Waals surface area contributed by atoms with Crippen molar-refractivity contribution in [3.63, 3.8) is 0 Å². The highest BCUT2D eigenvalue weighted by atomic mass is 16.5. The zero-order valence-electron chi connectivity index (χ0n) is 14.0. The van der Waals surface area contributed by atoms with E-state index in [9.17, 15) is 4.79 Å². The molecule has 24 heavy (non-hydrogen) atoms. The number of rotatable bonds is 5. The highest BCUT2D eigenvalue weighted by Gasteiger charge is 2.26. The number of benzene rings is 1. The van der Waals surface area contributed by atoms with E-state index in [4.69, 9.17) is 4.74 Å². The first-order valence-corrected chi connectivity index (χ1v) is 8.72. The fourth-order valence-electron chi connectivity index (χ4n) is 3.32. The average Bonchev–Trinajstić information content (AvgIpc) is 3.34. The van der Waals surface area contributed by atoms with Crippen LogP contribution in [0.3, 0.4) is 0 Å². The van der Waals surface area contributed by atoms with Crippen molar-refractivity contribution in [1.82, 2.24) is 9.78 Å². The summed E-state index contributed by atoms with van der Waals surface area (Å²) < 4.78 is 7.78. The Morgan fingerprint density at radius 3 is 3.04 bits per heavy atom. The second kappa shape index (κ2) is 6.40. The summed E-state index contributed by atoms with van der Waals surface area (Å²) in [6.45, 7) is 3.55. The molecule has 1 fully saturated rings. The molecule has 1 aromatic heterocycles. The summed E-state index contributed by atoms with van der Waals surface area (Å²) in [4.78, 5) is 12.6. The van der Waals surface area contributed by atoms with Gasteiger partial charge in [0.15, 0.2) is 0 Å². The van der Waals surface area contributed by atoms with Crippen LogP contribution in [0.5, 0.6) is 0 Å². The van der Waals surface area contributed by atoms with Gasteiger partial charge in [0.05, 0.1) is 25.3 Å². The lowest BCUT2D eigenvalue weighted by atomic mass is 9.95. The Morgan fingerprint density at radius 2 is 2.21 bits per heavy atom. The molecular weight excluding hydrogens is 302 g/mol. The first-order chi connectivity index (χ1) is 11.7. The van der Waals surface area contributed by atoms with Crippen LogP contribution in [0.2, 0.25) is 0 Å². The molecule has 5 nitrogen and oxygen atoms in total. The molecular formula is C19H23N3O2. The first-order valence-electron chi connectivity index (χ1n) is 8.72. The maximum absolute atomic E-state index is 12.6. The van der Waals surface area contributed by atoms with Gasteiger partial charge in [-0.1, -0.05) is 24.3 Å². The summed E-state index contributed by atoms with van der Waals surface area (Å²) in [5, 5.41) is 7.45. The van der Waals surface area contributed by atoms with Gasteiger partial charge in [0, 0.05) is 12.1 Å². The lowest BCUT2D eigenvalue weighted by molar-refractivity contribution is -0.119. The van der Waals surface area contributed by atoms with E-state index < -0.39 is 0 Å². The van der Waals surface area contributed by atoms with E-state index in [-0.39, 0.29) is 12.0 Å². The third-order valence-electron chi connectivity index (χ3n) is 4.87. The molecule has 0 spiro atoms. The Morgan fingerprint density at radius 1 is 1.38 bits per heavy atom. The average molecular weight is 325 g/mol. The minimum absolute atomic E-state index is 0.0163. The van der Waals surface area contributed by atoms with Gasteiger partial charge in [-0.3, -0.25) is 4.79 Å². The minimum Gasteiger partial charge on any atom is -0.373 e. The predicted molar refractivity (Wildman–Crippen MR) is 91.8 cm³/mol. The van der Waals surface area contributed by atoms with Crippen LogP contribution in [0.25, 0.3) is 0 Å². The molecule has 1 atom stereocenters. The van der Waals surface area contributed by atoms with Crippen LogP contribution >= 0.6 is 0 Å². The van der Waals surface area contributed by atoms with Crippen molar-refractivity contribution < 1.29 is 9.53 Å². The molecule has 4 rings (SSSR count). The van der Waals surface area contributed by atoms with Gasteiger partial charge < -0.3 is 10.1 Å². The van der Waals surface area contributed by atoms with Crippen molar-refractivity contribution in [2.45, 2.75) is 45.3 Å². The summed E-state index contributed by atoms with van der Waals surface area (Å²) in [7, 11) is 0. The van der Waals surface area contributed by atoms with Gasteiger partial charge in [-0.05, 0) is 43.2 Å². The summed E-state index contributed by atoms with van der Waals surface area (Å²) >= 11 is 0. The van der Waals surface area contributed by atoms with Crippen LogP contribution in [0.4, 0.5) is 5.82 Å². The number of aryl methyl sites for hydroxylation is 1. The number of fused-ring (bicyclic) bond motifs is 1. The second-order valence-electron chi connectivity index (χ2n) is 6.86. The summed E-state index contributed by atoms with van der Waals surface area (Å²) in [6, 6.07) is 8.24. The van der Waals surface area contributed by atoms with Crippen molar-refractivity contribution in [2.24, 2.45) is 5.92 Å². The third-order valence-corrected chi connectivity index (χ3v) is 4.87. The van der Waals surface area contributed by atoms with Gasteiger partial charge in [0.1, 0.15) is 5.82 Å². The number of nitrogens with zero attached hydrogens (tertiary/aromatic N) is 2. The Bertz CT molecular complexity index is 749. The lowest BCUT2D eigenvalue weighted by Gasteiger charge is -2.25. The van der Waals surface area contributed by atoms with Crippen molar-refractivity contribution in [1.29, 1.82) is 0 Å². The molecule has 0 unspecified atom stereocenters. The maximum Gasteiger partial charge on any atom is 0.228 e. The van der Waals surface area contributed by atoms with Crippen molar-refractivity contribution in [2.75, 3.05) is 11.9 Å². The van der Waals surface area contributed by atoms with Crippen LogP contribution in [0.1, 0.15) is 42.1 Å². The number of carbonyl (C=O) groups is 1. The first kappa shape index (κ1) is 15.4. The zero-order chi connectivity index (χ0) is 16.5. The third kappa shape index (κ3) is 3.22. The number of anilines is 1. The van der Waals surface area contributed by atoms with Gasteiger partial charge in [0.2, 0.25) is 5.91 Å². The molecule has 1 saturated carbocycles. The standard InChI is InChI=1S/C19H23N3O2/c1-13-11-20-22(12-14-6-7-14)19(13)21-18(23)10-17-16-5-3-2-4-15(16)8-9-24-17/h2-5,11,14,17H,6-10,12H2,1H3,(H,21,23)/t17-/m1/s1. The SMILES string of the molecule is Cc1cnn(CC2CC2)c1NC(=O)C[C@H]1OCCc2ccccc21. The van der Waals surface area contributed by atoms with Crippen molar-refractivity contribution in [3.8, 4) is 0 Å². The molecule has 0 bridgehead atoms. The monoisotopic (exact) mass is 325 g/mol. The topological polar surface area (TPSA) is 56.2 Å². The molecule has 1 amide bonds. The van der Waals surface area contributed by atoms with E-state index in [0.717, 1.165) is 29.9 Å². The van der Waals surface area contributed by atoms with E-state index in [1.807, 2.05) is 29.9 Å². The number of amides is 1. The molecule has 2 heterocycles. The Kier molecular flexibility index (Phi) is 4.10. The molecule has 1 N–H and O–H groups in total. The van der Waals surface area contributed by atoms with Crippen molar-refractivity contribution in [3.05, 3.63) is 47.2 Å². The zero-order valence-corrected chi connectivity index (χ0v) is 14.0. The maximum atomic E-state index is 12.6. The minimum atomic E-state index is -0.157. The van der Waals surface area contributed by atoms with Gasteiger partial charge >= 0.3 is 0 Å². The number of carbonyl (C=O) groups excluding carboxylic acids is 1. The smallest absolute Gasteiger partial charge is 0.228 e. The van der Waals surface area contributed by atoms with E-state index in [1.54, 1.807) is 0 Å². The molecule has 126 valence electrons. The summed E-state index contributed by atoms with van der Waals surface area (Å²) in [6.07, 6.45) is 5.45. The Labute approximate surface area is 142 Å². The van der Waals surface area contributed by atoms with Crippen LogP contribution in [-0.2, 0) is 22.5 Å². The fraction of sp³-hybridized carbons (Fsp3) is 0.474. The van der Waals surface area contributed by atoms with Crippen molar-refractivity contribution >= 4 is 11.7 Å². The Balaban J connectivity index is 1.45. The largest absolute Gasteiger partial charge is 0.373 e. The Hall–Kier alpha value is -2.14. The van der Waals surface area contributed by atoms with Crippen LogP contribution in [-0.4, -0.2) is 22.3 Å². The van der Waals surface area contributed by atoms with E-state index >= 15 is 0 Å². The van der Waals surface area contributed by atoms with Crippen LogP contribution in [0, 0.1) is 12.8 Å². The number of aromatic nitrogens is 2. The number of ether oxygens (including phenoxy) is 1. The van der Waals surface area contributed by atoms with E-state index in [1.165, 1.54) is 18.4 Å². The normalized spacial score (nSPS) is 19.8. The van der Waals surface area contributed by atoms with Gasteiger partial charge in [-0.15, -0.1) is 0 Å². The van der Waals surface area contributed by atoms with Gasteiger partial charge in [-0.25, -0.2) is 4.68 Å². The molecule has 1 aliphatic heterocycles. The number of nitrogens with one attached hydrogen (secondary N) is 1. The lowest BCUT2D eigenvalue weighted by Crippen LogP contribution is -2.23. The molecule has 1 aromatic carbocycles. The molecule has 1 aliphatic carbocycles. The highest BCUT2D eigenvalue weighted by molar-refractivity contribution is 5.91. The fourth-order valence-corrected chi connectivity index (χ4v) is 3.32. The molecule has 2 aromatic rings. The number of hydrogen-bond donors (Lipinski definition) is 1. The summed E-state index contributed by atoms with van der Waals surface area (Å²) in [5.41, 5.74) is 3.44. The van der Waals surface area contributed by atoms with E-state index in [0.29, 0.717) is 18.9 Å². The highest BCUT2D eigenvalue weighted by Crippen LogP contribution is 2.32. The second-order valence-corrected chi connectivity index (χ2v) is 6.86. The van der Waals surface area contributed by atoms with Gasteiger partial charge in [-0.2, -0.15) is 5.10 Å². The van der Waals surface area contributed by atoms with Gasteiger partial charge in [0.25, 0.3) is 0 Å². The van der Waals surface area contributed by atoms with E-state index in [2.05, 4.69) is 22.5 Å². The quantitative estimate of drug-likeness (QED) is 0.918. The molecule has 2 aliphatic rings. The number of hydrogen-bond acceptors (Lipinski definition) is 3. The van der Waals surface area contributed by atoms with Crippen LogP contribution < -0.4 is 5.32 Å². The molecule has 5 heteroatoms. The van der Waals surface area contributed by atoms with Crippen LogP contribution in [0.15, 0.2) is 30.5 Å². The molecule has 0 radical (unpaired) electrons. The predicted octanol–water partition coefficient (Wildman–Crippen LogP) is 3.24. The molecule has 0 saturated heterocycles.